The van der Waals surface area contributed by atoms with Gasteiger partial charge in [0.1, 0.15) is 11.9 Å². The van der Waals surface area contributed by atoms with Crippen LogP contribution in [0, 0.1) is 28.8 Å². The summed E-state index contributed by atoms with van der Waals surface area (Å²) in [5, 5.41) is 9.19. The number of H-pyrrole nitrogens is 1. The average molecular weight is 283 g/mol. The van der Waals surface area contributed by atoms with E-state index in [1.54, 1.807) is 10.6 Å². The lowest BCUT2D eigenvalue weighted by Crippen LogP contribution is -1.98. The van der Waals surface area contributed by atoms with Gasteiger partial charge in [-0.2, -0.15) is 5.26 Å². The molecule has 0 bridgehead atoms. The molecule has 0 saturated carbocycles. The first-order valence-corrected chi connectivity index (χ1v) is 6.42. The molecule has 0 spiro atoms. The zero-order valence-electron chi connectivity index (χ0n) is 10.6. The number of rotatable bonds is 1. The summed E-state index contributed by atoms with van der Waals surface area (Å²) in [4.78, 5) is 3.09. The number of imidazole rings is 1. The number of hydrogen-bond acceptors (Lipinski definition) is 2. The van der Waals surface area contributed by atoms with E-state index < -0.39 is 5.82 Å². The molecule has 0 saturated heterocycles. The smallest absolute Gasteiger partial charge is 0.182 e. The van der Waals surface area contributed by atoms with E-state index in [9.17, 15) is 9.65 Å². The Morgan fingerprint density at radius 1 is 1.25 bits per heavy atom. The van der Waals surface area contributed by atoms with Crippen LogP contribution >= 0.6 is 12.2 Å². The molecular formula is C15H10FN3S. The number of nitrogens with one attached hydrogen (secondary N) is 1. The van der Waals surface area contributed by atoms with Crippen LogP contribution in [-0.2, 0) is 0 Å². The van der Waals surface area contributed by atoms with E-state index in [2.05, 4.69) is 4.98 Å². The van der Waals surface area contributed by atoms with Crippen molar-refractivity contribution < 1.29 is 4.39 Å². The second kappa shape index (κ2) is 4.58. The van der Waals surface area contributed by atoms with Crippen molar-refractivity contribution in [3.8, 4) is 11.8 Å². The Labute approximate surface area is 119 Å². The maximum Gasteiger partial charge on any atom is 0.182 e. The van der Waals surface area contributed by atoms with Gasteiger partial charge in [-0.05, 0) is 55.0 Å². The summed E-state index contributed by atoms with van der Waals surface area (Å²) in [5.41, 5.74) is 3.67. The van der Waals surface area contributed by atoms with Crippen LogP contribution in [0.1, 0.15) is 11.1 Å². The van der Waals surface area contributed by atoms with Gasteiger partial charge in [-0.3, -0.25) is 4.57 Å². The Balaban J connectivity index is 2.41. The summed E-state index contributed by atoms with van der Waals surface area (Å²) in [7, 11) is 0. The van der Waals surface area contributed by atoms with Gasteiger partial charge in [0.25, 0.3) is 0 Å². The van der Waals surface area contributed by atoms with Gasteiger partial charge in [0, 0.05) is 0 Å². The van der Waals surface area contributed by atoms with Crippen LogP contribution in [0.2, 0.25) is 0 Å². The summed E-state index contributed by atoms with van der Waals surface area (Å²) >= 11 is 5.32. The molecule has 2 aromatic carbocycles. The molecule has 1 heterocycles. The number of benzene rings is 2. The summed E-state index contributed by atoms with van der Waals surface area (Å²) in [6, 6.07) is 12.0. The molecule has 0 fully saturated rings. The molecule has 1 aromatic heterocycles. The first kappa shape index (κ1) is 12.6. The summed E-state index contributed by atoms with van der Waals surface area (Å²) in [6.45, 7) is 1.98. The third-order valence-electron chi connectivity index (χ3n) is 3.16. The van der Waals surface area contributed by atoms with E-state index in [-0.39, 0.29) is 5.56 Å². The predicted octanol–water partition coefficient (Wildman–Crippen LogP) is 4.01. The Bertz CT molecular complexity index is 915. The second-order valence-electron chi connectivity index (χ2n) is 4.56. The number of fused-ring (bicyclic) bond motifs is 1. The minimum atomic E-state index is -0.437. The molecule has 0 aliphatic carbocycles. The molecule has 0 aliphatic heterocycles. The Hall–Kier alpha value is -2.45. The highest BCUT2D eigenvalue weighted by Gasteiger charge is 2.11. The minimum absolute atomic E-state index is 0.253. The van der Waals surface area contributed by atoms with E-state index in [1.807, 2.05) is 31.2 Å². The Morgan fingerprint density at radius 2 is 2.05 bits per heavy atom. The molecule has 0 radical (unpaired) electrons. The van der Waals surface area contributed by atoms with Gasteiger partial charge in [0.2, 0.25) is 0 Å². The molecule has 3 aromatic rings. The van der Waals surface area contributed by atoms with Crippen LogP contribution < -0.4 is 0 Å². The van der Waals surface area contributed by atoms with Gasteiger partial charge in [0.05, 0.1) is 22.3 Å². The SMILES string of the molecule is Cc1ccc2[nH]c(=S)n(-c3ccc(F)cc3C#N)c2c1. The van der Waals surface area contributed by atoms with E-state index in [1.165, 1.54) is 12.1 Å². The monoisotopic (exact) mass is 283 g/mol. The topological polar surface area (TPSA) is 44.5 Å². The molecule has 0 unspecified atom stereocenters. The molecule has 0 amide bonds. The Kier molecular flexibility index (Phi) is 2.88. The number of halogens is 1. The molecule has 3 nitrogen and oxygen atoms in total. The van der Waals surface area contributed by atoms with Crippen LogP contribution in [-0.4, -0.2) is 9.55 Å². The molecule has 98 valence electrons. The fourth-order valence-electron chi connectivity index (χ4n) is 2.24. The van der Waals surface area contributed by atoms with E-state index in [0.717, 1.165) is 16.6 Å². The minimum Gasteiger partial charge on any atom is -0.330 e. The van der Waals surface area contributed by atoms with E-state index >= 15 is 0 Å². The predicted molar refractivity (Wildman–Crippen MR) is 77.9 cm³/mol. The first-order valence-electron chi connectivity index (χ1n) is 6.01. The van der Waals surface area contributed by atoms with Gasteiger partial charge < -0.3 is 4.98 Å². The summed E-state index contributed by atoms with van der Waals surface area (Å²) < 4.78 is 15.5. The summed E-state index contributed by atoms with van der Waals surface area (Å²) in [5.74, 6) is -0.437. The fourth-order valence-corrected chi connectivity index (χ4v) is 2.55. The van der Waals surface area contributed by atoms with Crippen LogP contribution in [0.25, 0.3) is 16.7 Å². The standard InChI is InChI=1S/C15H10FN3S/c1-9-2-4-12-14(6-9)19(15(20)18-12)13-5-3-11(16)7-10(13)8-17/h2-7H,1H3,(H,18,20). The van der Waals surface area contributed by atoms with Crippen LogP contribution in [0.5, 0.6) is 0 Å². The average Bonchev–Trinajstić information content (AvgIpc) is 2.74. The molecule has 0 atom stereocenters. The third kappa shape index (κ3) is 1.91. The van der Waals surface area contributed by atoms with Crippen molar-refractivity contribution in [2.24, 2.45) is 0 Å². The quantitative estimate of drug-likeness (QED) is 0.686. The number of nitriles is 1. The molecule has 3 rings (SSSR count). The van der Waals surface area contributed by atoms with Crippen molar-refractivity contribution in [1.29, 1.82) is 5.26 Å². The fraction of sp³-hybridized carbons (Fsp3) is 0.0667. The van der Waals surface area contributed by atoms with Crippen LogP contribution in [0.3, 0.4) is 0 Å². The van der Waals surface area contributed by atoms with Gasteiger partial charge in [0.15, 0.2) is 4.77 Å². The zero-order valence-corrected chi connectivity index (χ0v) is 11.5. The van der Waals surface area contributed by atoms with Gasteiger partial charge >= 0.3 is 0 Å². The number of nitrogens with zero attached hydrogens (tertiary/aromatic N) is 2. The molecule has 5 heteroatoms. The molecule has 0 aliphatic rings. The maximum absolute atomic E-state index is 13.3. The van der Waals surface area contributed by atoms with Crippen molar-refractivity contribution in [3.63, 3.8) is 0 Å². The molecular weight excluding hydrogens is 273 g/mol. The number of hydrogen-bond donors (Lipinski definition) is 1. The normalized spacial score (nSPS) is 10.7. The Morgan fingerprint density at radius 3 is 2.80 bits per heavy atom. The number of aromatic nitrogens is 2. The van der Waals surface area contributed by atoms with Crippen molar-refractivity contribution in [2.75, 3.05) is 0 Å². The van der Waals surface area contributed by atoms with Crippen molar-refractivity contribution in [2.45, 2.75) is 6.92 Å². The molecule has 1 N–H and O–H groups in total. The van der Waals surface area contributed by atoms with Crippen molar-refractivity contribution >= 4 is 23.3 Å². The van der Waals surface area contributed by atoms with E-state index in [4.69, 9.17) is 12.2 Å². The lowest BCUT2D eigenvalue weighted by molar-refractivity contribution is 0.627. The van der Waals surface area contributed by atoms with Crippen molar-refractivity contribution in [3.05, 3.63) is 58.1 Å². The van der Waals surface area contributed by atoms with Crippen molar-refractivity contribution in [1.82, 2.24) is 9.55 Å². The second-order valence-corrected chi connectivity index (χ2v) is 4.95. The van der Waals surface area contributed by atoms with Gasteiger partial charge in [-0.25, -0.2) is 4.39 Å². The van der Waals surface area contributed by atoms with Gasteiger partial charge in [-0.1, -0.05) is 6.07 Å². The highest BCUT2D eigenvalue weighted by Crippen LogP contribution is 2.23. The zero-order chi connectivity index (χ0) is 14.3. The lowest BCUT2D eigenvalue weighted by Gasteiger charge is -2.07. The molecule has 20 heavy (non-hydrogen) atoms. The number of aryl methyl sites for hydroxylation is 1. The first-order chi connectivity index (χ1) is 9.60. The third-order valence-corrected chi connectivity index (χ3v) is 3.44. The lowest BCUT2D eigenvalue weighted by atomic mass is 10.1. The van der Waals surface area contributed by atoms with Crippen LogP contribution in [0.4, 0.5) is 4.39 Å². The van der Waals surface area contributed by atoms with Gasteiger partial charge in [-0.15, -0.1) is 0 Å². The highest BCUT2D eigenvalue weighted by molar-refractivity contribution is 7.71. The van der Waals surface area contributed by atoms with Crippen LogP contribution in [0.15, 0.2) is 36.4 Å². The maximum atomic E-state index is 13.3. The summed E-state index contributed by atoms with van der Waals surface area (Å²) in [6.07, 6.45) is 0. The highest BCUT2D eigenvalue weighted by atomic mass is 32.1. The largest absolute Gasteiger partial charge is 0.330 e. The van der Waals surface area contributed by atoms with E-state index in [0.29, 0.717) is 10.5 Å². The number of aromatic amines is 1.